The Balaban J connectivity index is 2.34. The molecule has 1 heterocycles. The number of ether oxygens (including phenoxy) is 1. The molecular formula is C16H12NO2. The summed E-state index contributed by atoms with van der Waals surface area (Å²) >= 11 is 0. The van der Waals surface area contributed by atoms with Crippen molar-refractivity contribution < 1.29 is 9.53 Å². The summed E-state index contributed by atoms with van der Waals surface area (Å²) < 4.78 is 5.45. The number of methoxy groups -OCH3 is 1. The van der Waals surface area contributed by atoms with Crippen LogP contribution in [0.4, 0.5) is 11.4 Å². The second-order valence-corrected chi connectivity index (χ2v) is 4.22. The molecule has 3 rings (SSSR count). The summed E-state index contributed by atoms with van der Waals surface area (Å²) in [6.07, 6.45) is 3.93. The number of hydrogen-bond acceptors (Lipinski definition) is 2. The number of carbonyl (C=O) groups excluding carboxylic acids is 1. The fraction of sp³-hybridized carbons (Fsp3) is 0.0625. The van der Waals surface area contributed by atoms with Crippen LogP contribution in [0.5, 0.6) is 0 Å². The van der Waals surface area contributed by atoms with Crippen molar-refractivity contribution in [1.29, 1.82) is 0 Å². The van der Waals surface area contributed by atoms with Gasteiger partial charge in [0.1, 0.15) is 5.76 Å². The summed E-state index contributed by atoms with van der Waals surface area (Å²) in [5.74, 6) is 0.737. The van der Waals surface area contributed by atoms with Crippen LogP contribution in [0.2, 0.25) is 0 Å². The Morgan fingerprint density at radius 2 is 1.68 bits per heavy atom. The first-order valence-electron chi connectivity index (χ1n) is 5.97. The van der Waals surface area contributed by atoms with Crippen molar-refractivity contribution in [3.05, 3.63) is 59.7 Å². The van der Waals surface area contributed by atoms with Gasteiger partial charge in [-0.05, 0) is 24.3 Å². The third-order valence-electron chi connectivity index (χ3n) is 3.19. The molecule has 19 heavy (non-hydrogen) atoms. The van der Waals surface area contributed by atoms with E-state index in [-0.39, 0.29) is 0 Å². The molecule has 1 amide bonds. The van der Waals surface area contributed by atoms with Crippen molar-refractivity contribution in [1.82, 2.24) is 0 Å². The average molecular weight is 250 g/mol. The fourth-order valence-electron chi connectivity index (χ4n) is 2.31. The third kappa shape index (κ3) is 1.80. The molecule has 2 aromatic rings. The molecule has 0 aliphatic carbocycles. The minimum Gasteiger partial charge on any atom is -0.496 e. The molecule has 0 atom stereocenters. The number of hydrogen-bond donors (Lipinski definition) is 0. The first kappa shape index (κ1) is 11.5. The number of amides is 1. The lowest BCUT2D eigenvalue weighted by molar-refractivity contribution is 0.373. The predicted octanol–water partition coefficient (Wildman–Crippen LogP) is 3.35. The molecule has 1 aliphatic rings. The van der Waals surface area contributed by atoms with Gasteiger partial charge >= 0.3 is 6.41 Å². The lowest BCUT2D eigenvalue weighted by Gasteiger charge is -2.19. The van der Waals surface area contributed by atoms with Gasteiger partial charge in [0.2, 0.25) is 0 Å². The van der Waals surface area contributed by atoms with Gasteiger partial charge in [0, 0.05) is 11.1 Å². The Bertz CT molecular complexity index is 661. The van der Waals surface area contributed by atoms with Gasteiger partial charge in [-0.3, -0.25) is 9.69 Å². The number of para-hydroxylation sites is 2. The van der Waals surface area contributed by atoms with Crippen LogP contribution in [-0.2, 0) is 9.53 Å². The lowest BCUT2D eigenvalue weighted by Crippen LogP contribution is -2.15. The highest BCUT2D eigenvalue weighted by Gasteiger charge is 2.21. The minimum atomic E-state index is 0.737. The smallest absolute Gasteiger partial charge is 0.321 e. The molecule has 0 saturated carbocycles. The molecule has 2 aromatic carbocycles. The van der Waals surface area contributed by atoms with Gasteiger partial charge in [0.15, 0.2) is 0 Å². The van der Waals surface area contributed by atoms with Crippen molar-refractivity contribution in [2.24, 2.45) is 0 Å². The maximum atomic E-state index is 11.4. The van der Waals surface area contributed by atoms with Crippen molar-refractivity contribution in [3.63, 3.8) is 0 Å². The van der Waals surface area contributed by atoms with Crippen LogP contribution >= 0.6 is 0 Å². The summed E-state index contributed by atoms with van der Waals surface area (Å²) in [5.41, 5.74) is 3.39. The molecule has 1 radical (unpaired) electrons. The maximum absolute atomic E-state index is 11.4. The van der Waals surface area contributed by atoms with E-state index in [1.54, 1.807) is 7.11 Å². The molecule has 3 heteroatoms. The SMILES string of the molecule is COC1=Cc2ccccc2N([C]=O)c2ccccc21. The molecule has 0 fully saturated rings. The van der Waals surface area contributed by atoms with Crippen molar-refractivity contribution in [3.8, 4) is 0 Å². The van der Waals surface area contributed by atoms with Gasteiger partial charge in [-0.2, -0.15) is 0 Å². The van der Waals surface area contributed by atoms with Crippen LogP contribution < -0.4 is 4.90 Å². The molecule has 3 nitrogen and oxygen atoms in total. The largest absolute Gasteiger partial charge is 0.496 e. The fourth-order valence-corrected chi connectivity index (χ4v) is 2.31. The van der Waals surface area contributed by atoms with E-state index in [4.69, 9.17) is 4.74 Å². The van der Waals surface area contributed by atoms with E-state index in [2.05, 4.69) is 0 Å². The van der Waals surface area contributed by atoms with Gasteiger partial charge in [-0.25, -0.2) is 0 Å². The molecule has 1 aliphatic heterocycles. The standard InChI is InChI=1S/C16H12NO2/c1-19-16-10-12-6-2-4-8-14(12)17(11-18)15-9-5-3-7-13(15)16/h2-10H,1H3. The number of benzene rings is 2. The van der Waals surface area contributed by atoms with Crippen LogP contribution in [0.1, 0.15) is 11.1 Å². The van der Waals surface area contributed by atoms with E-state index in [0.29, 0.717) is 0 Å². The Kier molecular flexibility index (Phi) is 2.80. The van der Waals surface area contributed by atoms with Crippen molar-refractivity contribution in [2.75, 3.05) is 12.0 Å². The molecule has 0 bridgehead atoms. The average Bonchev–Trinajstić information content (AvgIpc) is 2.61. The zero-order valence-corrected chi connectivity index (χ0v) is 10.5. The molecular weight excluding hydrogens is 238 g/mol. The predicted molar refractivity (Wildman–Crippen MR) is 75.6 cm³/mol. The Labute approximate surface area is 111 Å². The molecule has 0 spiro atoms. The molecule has 0 aromatic heterocycles. The van der Waals surface area contributed by atoms with Gasteiger partial charge in [0.25, 0.3) is 0 Å². The van der Waals surface area contributed by atoms with Gasteiger partial charge in [-0.15, -0.1) is 0 Å². The van der Waals surface area contributed by atoms with Gasteiger partial charge < -0.3 is 4.74 Å². The zero-order chi connectivity index (χ0) is 13.2. The Morgan fingerprint density at radius 1 is 1.00 bits per heavy atom. The zero-order valence-electron chi connectivity index (χ0n) is 10.5. The van der Waals surface area contributed by atoms with E-state index in [0.717, 1.165) is 28.3 Å². The third-order valence-corrected chi connectivity index (χ3v) is 3.19. The summed E-state index contributed by atoms with van der Waals surface area (Å²) in [5, 5.41) is 0. The molecule has 93 valence electrons. The monoisotopic (exact) mass is 250 g/mol. The van der Waals surface area contributed by atoms with E-state index >= 15 is 0 Å². The maximum Gasteiger partial charge on any atom is 0.321 e. The van der Waals surface area contributed by atoms with E-state index in [9.17, 15) is 4.79 Å². The van der Waals surface area contributed by atoms with Crippen molar-refractivity contribution in [2.45, 2.75) is 0 Å². The lowest BCUT2D eigenvalue weighted by atomic mass is 10.1. The summed E-state index contributed by atoms with van der Waals surface area (Å²) in [6.45, 7) is 0. The van der Waals surface area contributed by atoms with Crippen LogP contribution in [0.25, 0.3) is 11.8 Å². The van der Waals surface area contributed by atoms with E-state index in [1.165, 1.54) is 4.90 Å². The van der Waals surface area contributed by atoms with E-state index < -0.39 is 0 Å². The van der Waals surface area contributed by atoms with Crippen molar-refractivity contribution >= 4 is 29.6 Å². The summed E-state index contributed by atoms with van der Waals surface area (Å²) in [4.78, 5) is 12.9. The number of fused-ring (bicyclic) bond motifs is 2. The molecule has 0 saturated heterocycles. The van der Waals surface area contributed by atoms with Gasteiger partial charge in [-0.1, -0.05) is 30.3 Å². The highest BCUT2D eigenvalue weighted by Crippen LogP contribution is 2.38. The number of anilines is 2. The topological polar surface area (TPSA) is 29.5 Å². The highest BCUT2D eigenvalue weighted by molar-refractivity contribution is 6.00. The first-order chi connectivity index (χ1) is 9.35. The molecule has 0 unspecified atom stereocenters. The van der Waals surface area contributed by atoms with Crippen LogP contribution in [0.3, 0.4) is 0 Å². The highest BCUT2D eigenvalue weighted by atomic mass is 16.5. The van der Waals surface area contributed by atoms with Crippen LogP contribution in [0, 0.1) is 0 Å². The summed E-state index contributed by atoms with van der Waals surface area (Å²) in [7, 11) is 1.63. The molecule has 0 N–H and O–H groups in total. The minimum absolute atomic E-state index is 0.737. The number of rotatable bonds is 2. The van der Waals surface area contributed by atoms with Gasteiger partial charge in [0.05, 0.1) is 18.5 Å². The number of nitrogens with zero attached hydrogens (tertiary/aromatic N) is 1. The quantitative estimate of drug-likeness (QED) is 0.818. The second-order valence-electron chi connectivity index (χ2n) is 4.22. The normalized spacial score (nSPS) is 12.9. The Hall–Kier alpha value is -2.55. The second kappa shape index (κ2) is 4.61. The van der Waals surface area contributed by atoms with Crippen LogP contribution in [0.15, 0.2) is 48.5 Å². The van der Waals surface area contributed by atoms with Crippen LogP contribution in [-0.4, -0.2) is 13.5 Å². The first-order valence-corrected chi connectivity index (χ1v) is 5.97. The van der Waals surface area contributed by atoms with E-state index in [1.807, 2.05) is 61.0 Å². The summed E-state index contributed by atoms with van der Waals surface area (Å²) in [6, 6.07) is 15.3. The Morgan fingerprint density at radius 3 is 2.42 bits per heavy atom.